The molecule has 0 aliphatic carbocycles. The van der Waals surface area contributed by atoms with E-state index in [0.29, 0.717) is 10.1 Å². The second-order valence-corrected chi connectivity index (χ2v) is 6.97. The van der Waals surface area contributed by atoms with E-state index in [0.717, 1.165) is 10.4 Å². The van der Waals surface area contributed by atoms with Gasteiger partial charge in [-0.25, -0.2) is 14.3 Å². The Morgan fingerprint density at radius 3 is 2.88 bits per heavy atom. The minimum Gasteiger partial charge on any atom is -0.474 e. The SMILES string of the molecule is CCOC(=O)C(=O)c1c(O)[n+]2cccc(C)c2n1Cc1cnc(Cl)s1. The molecule has 3 aromatic rings. The van der Waals surface area contributed by atoms with Crippen LogP contribution >= 0.6 is 22.9 Å². The highest BCUT2D eigenvalue weighted by Gasteiger charge is 2.36. The van der Waals surface area contributed by atoms with Crippen LogP contribution in [0.1, 0.15) is 27.9 Å². The van der Waals surface area contributed by atoms with E-state index in [9.17, 15) is 14.7 Å². The third-order valence-corrected chi connectivity index (χ3v) is 4.74. The maximum absolute atomic E-state index is 12.5. The highest BCUT2D eigenvalue weighted by atomic mass is 35.5. The van der Waals surface area contributed by atoms with Gasteiger partial charge < -0.3 is 9.84 Å². The molecule has 3 aromatic heterocycles. The number of fused-ring (bicyclic) bond motifs is 1. The number of rotatable bonds is 5. The van der Waals surface area contributed by atoms with Gasteiger partial charge >= 0.3 is 17.6 Å². The molecule has 0 aliphatic rings. The fraction of sp³-hybridized carbons (Fsp3) is 0.250. The van der Waals surface area contributed by atoms with Crippen LogP contribution in [-0.2, 0) is 16.1 Å². The van der Waals surface area contributed by atoms with Crippen molar-refractivity contribution in [2.24, 2.45) is 0 Å². The number of hydrogen-bond donors (Lipinski definition) is 1. The second kappa shape index (κ2) is 6.81. The summed E-state index contributed by atoms with van der Waals surface area (Å²) < 4.78 is 8.21. The Morgan fingerprint density at radius 1 is 1.48 bits per heavy atom. The summed E-state index contributed by atoms with van der Waals surface area (Å²) in [5.74, 6) is -2.23. The van der Waals surface area contributed by atoms with Gasteiger partial charge in [0, 0.05) is 11.8 Å². The molecule has 0 aliphatic heterocycles. The maximum atomic E-state index is 12.5. The lowest BCUT2D eigenvalue weighted by atomic mass is 10.2. The number of aryl methyl sites for hydroxylation is 1. The van der Waals surface area contributed by atoms with Gasteiger partial charge in [0.15, 0.2) is 4.47 Å². The molecule has 3 rings (SSSR count). The quantitative estimate of drug-likeness (QED) is 0.317. The summed E-state index contributed by atoms with van der Waals surface area (Å²) in [5, 5.41) is 10.5. The smallest absolute Gasteiger partial charge is 0.383 e. The van der Waals surface area contributed by atoms with Gasteiger partial charge in [0.05, 0.1) is 17.7 Å². The van der Waals surface area contributed by atoms with Gasteiger partial charge in [-0.05, 0) is 26.0 Å². The average Bonchev–Trinajstić information content (AvgIpc) is 3.10. The summed E-state index contributed by atoms with van der Waals surface area (Å²) in [7, 11) is 0. The van der Waals surface area contributed by atoms with Crippen molar-refractivity contribution in [2.75, 3.05) is 6.61 Å². The summed E-state index contributed by atoms with van der Waals surface area (Å²) >= 11 is 7.14. The number of aromatic nitrogens is 3. The van der Waals surface area contributed by atoms with Crippen molar-refractivity contribution in [3.63, 3.8) is 0 Å². The van der Waals surface area contributed by atoms with Gasteiger partial charge in [-0.15, -0.1) is 11.3 Å². The topological polar surface area (TPSA) is 85.5 Å². The summed E-state index contributed by atoms with van der Waals surface area (Å²) in [6.07, 6.45) is 3.22. The Labute approximate surface area is 152 Å². The number of ether oxygens (including phenoxy) is 1. The molecule has 130 valence electrons. The van der Waals surface area contributed by atoms with Crippen molar-refractivity contribution in [3.8, 4) is 5.88 Å². The molecule has 0 bridgehead atoms. The van der Waals surface area contributed by atoms with Crippen LogP contribution in [0, 0.1) is 6.92 Å². The summed E-state index contributed by atoms with van der Waals surface area (Å²) in [6.45, 7) is 3.77. The van der Waals surface area contributed by atoms with Crippen molar-refractivity contribution in [1.29, 1.82) is 0 Å². The molecule has 0 spiro atoms. The van der Waals surface area contributed by atoms with E-state index in [2.05, 4.69) is 4.98 Å². The number of Topliss-reactive ketones (excluding diaryl/α,β-unsaturated/α-hetero) is 1. The van der Waals surface area contributed by atoms with E-state index < -0.39 is 11.8 Å². The van der Waals surface area contributed by atoms with E-state index >= 15 is 0 Å². The van der Waals surface area contributed by atoms with Crippen LogP contribution in [-0.4, -0.2) is 33.0 Å². The molecule has 1 N–H and O–H groups in total. The molecule has 25 heavy (non-hydrogen) atoms. The molecule has 0 saturated heterocycles. The fourth-order valence-corrected chi connectivity index (χ4v) is 3.61. The number of halogens is 1. The van der Waals surface area contributed by atoms with Gasteiger partial charge in [-0.1, -0.05) is 11.6 Å². The Bertz CT molecular complexity index is 979. The van der Waals surface area contributed by atoms with Crippen molar-refractivity contribution in [3.05, 3.63) is 45.1 Å². The van der Waals surface area contributed by atoms with Crippen LogP contribution in [0.25, 0.3) is 5.65 Å². The zero-order valence-electron chi connectivity index (χ0n) is 13.5. The number of carbonyl (C=O) groups excluding carboxylic acids is 2. The van der Waals surface area contributed by atoms with Crippen LogP contribution < -0.4 is 4.40 Å². The number of thiazole rings is 1. The molecule has 0 radical (unpaired) electrons. The lowest BCUT2D eigenvalue weighted by Crippen LogP contribution is -2.21. The molecule has 0 saturated carbocycles. The highest BCUT2D eigenvalue weighted by Crippen LogP contribution is 2.25. The lowest BCUT2D eigenvalue weighted by molar-refractivity contribution is -0.521. The molecule has 0 atom stereocenters. The van der Waals surface area contributed by atoms with Gasteiger partial charge in [0.25, 0.3) is 11.3 Å². The van der Waals surface area contributed by atoms with Gasteiger partial charge in [0.1, 0.15) is 6.54 Å². The fourth-order valence-electron chi connectivity index (χ4n) is 2.65. The minimum atomic E-state index is -1.01. The predicted octanol–water partition coefficient (Wildman–Crippen LogP) is 2.14. The number of pyridine rings is 1. The van der Waals surface area contributed by atoms with Crippen molar-refractivity contribution < 1.29 is 23.8 Å². The van der Waals surface area contributed by atoms with Crippen LogP contribution in [0.4, 0.5) is 0 Å². The van der Waals surface area contributed by atoms with E-state index in [4.69, 9.17) is 16.3 Å². The zero-order valence-corrected chi connectivity index (χ0v) is 15.1. The summed E-state index contributed by atoms with van der Waals surface area (Å²) in [5.41, 5.74) is 1.30. The molecule has 9 heteroatoms. The van der Waals surface area contributed by atoms with Crippen LogP contribution in [0.2, 0.25) is 4.47 Å². The monoisotopic (exact) mass is 380 g/mol. The normalized spacial score (nSPS) is 11.0. The Balaban J connectivity index is 2.22. The molecular weight excluding hydrogens is 366 g/mol. The zero-order chi connectivity index (χ0) is 18.1. The minimum absolute atomic E-state index is 0.0716. The van der Waals surface area contributed by atoms with Gasteiger partial charge in [0.2, 0.25) is 0 Å². The maximum Gasteiger partial charge on any atom is 0.383 e. The van der Waals surface area contributed by atoms with Gasteiger partial charge in [-0.3, -0.25) is 4.79 Å². The molecule has 3 heterocycles. The summed E-state index contributed by atoms with van der Waals surface area (Å²) in [6, 6.07) is 3.60. The molecule has 0 unspecified atom stereocenters. The van der Waals surface area contributed by atoms with E-state index in [-0.39, 0.29) is 24.7 Å². The average molecular weight is 381 g/mol. The van der Waals surface area contributed by atoms with E-state index in [1.54, 1.807) is 30.0 Å². The van der Waals surface area contributed by atoms with E-state index in [1.165, 1.54) is 15.7 Å². The van der Waals surface area contributed by atoms with Crippen molar-refractivity contribution in [1.82, 2.24) is 9.55 Å². The third kappa shape index (κ3) is 3.10. The molecule has 0 amide bonds. The first kappa shape index (κ1) is 17.4. The van der Waals surface area contributed by atoms with Gasteiger partial charge in [-0.2, -0.15) is 4.40 Å². The number of aromatic hydroxyl groups is 1. The Hall–Kier alpha value is -2.45. The number of carbonyl (C=O) groups is 2. The molecule has 0 aromatic carbocycles. The largest absolute Gasteiger partial charge is 0.474 e. The van der Waals surface area contributed by atoms with E-state index in [1.807, 2.05) is 13.0 Å². The first-order valence-electron chi connectivity index (χ1n) is 7.48. The standard InChI is InChI=1S/C16H14ClN3O4S/c1-3-24-15(23)12(21)11-14(22)19-6-4-5-9(2)13(19)20(11)8-10-7-18-16(17)25-10/h4-7H,3,8H2,1-2H3/p+1. The Morgan fingerprint density at radius 2 is 2.24 bits per heavy atom. The first-order chi connectivity index (χ1) is 11.9. The number of nitrogens with zero attached hydrogens (tertiary/aromatic N) is 3. The molecular formula is C16H15ClN3O4S+. The third-order valence-electron chi connectivity index (χ3n) is 3.64. The Kier molecular flexibility index (Phi) is 4.73. The molecule has 7 nitrogen and oxygen atoms in total. The summed E-state index contributed by atoms with van der Waals surface area (Å²) in [4.78, 5) is 29.2. The van der Waals surface area contributed by atoms with Crippen LogP contribution in [0.3, 0.4) is 0 Å². The molecule has 0 fully saturated rings. The number of ketones is 1. The lowest BCUT2D eigenvalue weighted by Gasteiger charge is -2.02. The number of esters is 1. The van der Waals surface area contributed by atoms with Crippen molar-refractivity contribution in [2.45, 2.75) is 20.4 Å². The number of hydrogen-bond acceptors (Lipinski definition) is 6. The van der Waals surface area contributed by atoms with Crippen LogP contribution in [0.5, 0.6) is 5.88 Å². The first-order valence-corrected chi connectivity index (χ1v) is 8.67. The predicted molar refractivity (Wildman–Crippen MR) is 91.2 cm³/mol. The van der Waals surface area contributed by atoms with Crippen LogP contribution in [0.15, 0.2) is 24.5 Å². The second-order valence-electron chi connectivity index (χ2n) is 5.27. The number of imidazole rings is 1. The van der Waals surface area contributed by atoms with Crippen molar-refractivity contribution >= 4 is 40.3 Å². The highest BCUT2D eigenvalue weighted by molar-refractivity contribution is 7.15.